The molecule has 0 saturated carbocycles. The first-order chi connectivity index (χ1) is 13.0. The Hall–Kier alpha value is -3.57. The van der Waals surface area contributed by atoms with Gasteiger partial charge >= 0.3 is 5.97 Å². The molecule has 0 aliphatic heterocycles. The van der Waals surface area contributed by atoms with Crippen LogP contribution in [0.25, 0.3) is 0 Å². The van der Waals surface area contributed by atoms with Gasteiger partial charge in [0.1, 0.15) is 11.8 Å². The van der Waals surface area contributed by atoms with E-state index in [-0.39, 0.29) is 10.8 Å². The number of halogens is 1. The van der Waals surface area contributed by atoms with Gasteiger partial charge in [0.25, 0.3) is 5.91 Å². The summed E-state index contributed by atoms with van der Waals surface area (Å²) in [5.41, 5.74) is 0.685. The number of carbonyl (C=O) groups is 2. The van der Waals surface area contributed by atoms with E-state index in [1.807, 2.05) is 6.07 Å². The molecule has 2 heterocycles. The van der Waals surface area contributed by atoms with Crippen molar-refractivity contribution in [2.24, 2.45) is 0 Å². The maximum absolute atomic E-state index is 12.0. The van der Waals surface area contributed by atoms with Crippen molar-refractivity contribution in [1.82, 2.24) is 9.78 Å². The van der Waals surface area contributed by atoms with Gasteiger partial charge in [-0.05, 0) is 36.4 Å². The molecule has 0 fully saturated rings. The molecule has 3 rings (SSSR count). The summed E-state index contributed by atoms with van der Waals surface area (Å²) in [4.78, 5) is 23.9. The van der Waals surface area contributed by atoms with E-state index in [2.05, 4.69) is 10.4 Å². The van der Waals surface area contributed by atoms with Gasteiger partial charge in [-0.25, -0.2) is 4.79 Å². The standard InChI is InChI=1S/C18H13ClN4O4/c19-15-8-13(3-2-12(15)9-20)22-17(24)11-26-18(25)16-5-4-14(27-16)10-23-7-1-6-21-23/h1-8H,10-11H2,(H,22,24). The summed E-state index contributed by atoms with van der Waals surface area (Å²) in [6.07, 6.45) is 3.40. The molecule has 2 aromatic heterocycles. The summed E-state index contributed by atoms with van der Waals surface area (Å²) in [5.74, 6) is -0.782. The molecule has 0 saturated heterocycles. The molecule has 0 unspecified atom stereocenters. The zero-order valence-electron chi connectivity index (χ0n) is 13.9. The monoisotopic (exact) mass is 384 g/mol. The summed E-state index contributed by atoms with van der Waals surface area (Å²) in [5, 5.41) is 15.6. The van der Waals surface area contributed by atoms with Crippen molar-refractivity contribution in [1.29, 1.82) is 5.26 Å². The zero-order chi connectivity index (χ0) is 19.2. The smallest absolute Gasteiger partial charge is 0.374 e. The number of nitrogens with zero attached hydrogens (tertiary/aromatic N) is 3. The van der Waals surface area contributed by atoms with Crippen molar-refractivity contribution in [2.75, 3.05) is 11.9 Å². The van der Waals surface area contributed by atoms with Crippen LogP contribution in [-0.2, 0) is 16.1 Å². The lowest BCUT2D eigenvalue weighted by Crippen LogP contribution is -2.20. The molecule has 9 heteroatoms. The summed E-state index contributed by atoms with van der Waals surface area (Å²) in [7, 11) is 0. The highest BCUT2D eigenvalue weighted by molar-refractivity contribution is 6.32. The molecular weight excluding hydrogens is 372 g/mol. The van der Waals surface area contributed by atoms with Crippen molar-refractivity contribution in [3.8, 4) is 6.07 Å². The topological polar surface area (TPSA) is 110 Å². The molecule has 0 radical (unpaired) electrons. The van der Waals surface area contributed by atoms with E-state index >= 15 is 0 Å². The van der Waals surface area contributed by atoms with Gasteiger partial charge < -0.3 is 14.5 Å². The molecule has 0 atom stereocenters. The number of carbonyl (C=O) groups excluding carboxylic acids is 2. The van der Waals surface area contributed by atoms with Crippen molar-refractivity contribution >= 4 is 29.2 Å². The van der Waals surface area contributed by atoms with Crippen molar-refractivity contribution in [2.45, 2.75) is 6.54 Å². The maximum Gasteiger partial charge on any atom is 0.374 e. The quantitative estimate of drug-likeness (QED) is 0.654. The van der Waals surface area contributed by atoms with E-state index in [0.29, 0.717) is 23.6 Å². The van der Waals surface area contributed by atoms with Crippen LogP contribution < -0.4 is 5.32 Å². The minimum Gasteiger partial charge on any atom is -0.452 e. The fraction of sp³-hybridized carbons (Fsp3) is 0.111. The fourth-order valence-electron chi connectivity index (χ4n) is 2.21. The Morgan fingerprint density at radius 1 is 1.33 bits per heavy atom. The van der Waals surface area contributed by atoms with Crippen molar-refractivity contribution in [3.63, 3.8) is 0 Å². The summed E-state index contributed by atoms with van der Waals surface area (Å²) in [6, 6.07) is 11.2. The first-order valence-electron chi connectivity index (χ1n) is 7.78. The van der Waals surface area contributed by atoms with E-state index in [9.17, 15) is 9.59 Å². The number of anilines is 1. The SMILES string of the molecule is N#Cc1ccc(NC(=O)COC(=O)c2ccc(Cn3cccn3)o2)cc1Cl. The van der Waals surface area contributed by atoms with E-state index < -0.39 is 18.5 Å². The third kappa shape index (κ3) is 4.74. The lowest BCUT2D eigenvalue weighted by molar-refractivity contribution is -0.119. The number of rotatable bonds is 6. The van der Waals surface area contributed by atoms with E-state index in [4.69, 9.17) is 26.0 Å². The van der Waals surface area contributed by atoms with Gasteiger partial charge in [-0.1, -0.05) is 11.6 Å². The Bertz CT molecular complexity index is 1000. The van der Waals surface area contributed by atoms with Gasteiger partial charge in [0.2, 0.25) is 5.76 Å². The number of ether oxygens (including phenoxy) is 1. The second-order valence-electron chi connectivity index (χ2n) is 5.40. The van der Waals surface area contributed by atoms with Gasteiger partial charge in [0, 0.05) is 18.1 Å². The molecule has 0 spiro atoms. The molecule has 0 aliphatic rings. The fourth-order valence-corrected chi connectivity index (χ4v) is 2.43. The van der Waals surface area contributed by atoms with Gasteiger partial charge in [-0.15, -0.1) is 0 Å². The average Bonchev–Trinajstić information content (AvgIpc) is 3.32. The average molecular weight is 385 g/mol. The molecule has 136 valence electrons. The number of hydrogen-bond donors (Lipinski definition) is 1. The Morgan fingerprint density at radius 3 is 2.89 bits per heavy atom. The first kappa shape index (κ1) is 18.2. The first-order valence-corrected chi connectivity index (χ1v) is 8.15. The Balaban J connectivity index is 1.51. The van der Waals surface area contributed by atoms with Gasteiger partial charge in [-0.3, -0.25) is 9.48 Å². The van der Waals surface area contributed by atoms with Crippen LogP contribution in [0.3, 0.4) is 0 Å². The highest BCUT2D eigenvalue weighted by atomic mass is 35.5. The number of esters is 1. The predicted molar refractivity (Wildman–Crippen MR) is 95.1 cm³/mol. The van der Waals surface area contributed by atoms with E-state index in [1.165, 1.54) is 24.3 Å². The molecule has 3 aromatic rings. The highest BCUT2D eigenvalue weighted by Gasteiger charge is 2.15. The van der Waals surface area contributed by atoms with Crippen LogP contribution in [-0.4, -0.2) is 28.3 Å². The van der Waals surface area contributed by atoms with Crippen molar-refractivity contribution < 1.29 is 18.7 Å². The number of hydrogen-bond acceptors (Lipinski definition) is 6. The number of furan rings is 1. The number of nitriles is 1. The number of nitrogens with one attached hydrogen (secondary N) is 1. The molecule has 0 aliphatic carbocycles. The third-order valence-corrected chi connectivity index (χ3v) is 3.76. The highest BCUT2D eigenvalue weighted by Crippen LogP contribution is 2.20. The molecule has 8 nitrogen and oxygen atoms in total. The third-order valence-electron chi connectivity index (χ3n) is 3.45. The summed E-state index contributed by atoms with van der Waals surface area (Å²) >= 11 is 5.90. The van der Waals surface area contributed by atoms with Crippen LogP contribution in [0.5, 0.6) is 0 Å². The minimum absolute atomic E-state index is 0.00799. The number of benzene rings is 1. The molecule has 0 bridgehead atoms. The van der Waals surface area contributed by atoms with Crippen LogP contribution in [0, 0.1) is 11.3 Å². The van der Waals surface area contributed by atoms with Gasteiger partial charge in [0.05, 0.1) is 17.1 Å². The molecular formula is C18H13ClN4O4. The summed E-state index contributed by atoms with van der Waals surface area (Å²) < 4.78 is 12.0. The molecule has 1 aromatic carbocycles. The van der Waals surface area contributed by atoms with E-state index in [1.54, 1.807) is 29.2 Å². The van der Waals surface area contributed by atoms with Crippen LogP contribution in [0.2, 0.25) is 5.02 Å². The number of aromatic nitrogens is 2. The lowest BCUT2D eigenvalue weighted by Gasteiger charge is -2.06. The Labute approximate surface area is 158 Å². The largest absolute Gasteiger partial charge is 0.452 e. The second kappa shape index (κ2) is 8.21. The summed E-state index contributed by atoms with van der Waals surface area (Å²) in [6.45, 7) is -0.119. The van der Waals surface area contributed by atoms with Gasteiger partial charge in [-0.2, -0.15) is 10.4 Å². The van der Waals surface area contributed by atoms with E-state index in [0.717, 1.165) is 0 Å². The van der Waals surface area contributed by atoms with Crippen LogP contribution in [0.4, 0.5) is 5.69 Å². The lowest BCUT2D eigenvalue weighted by atomic mass is 10.2. The zero-order valence-corrected chi connectivity index (χ0v) is 14.6. The van der Waals surface area contributed by atoms with Gasteiger partial charge in [0.15, 0.2) is 6.61 Å². The molecule has 27 heavy (non-hydrogen) atoms. The maximum atomic E-state index is 12.0. The Morgan fingerprint density at radius 2 is 2.19 bits per heavy atom. The van der Waals surface area contributed by atoms with Crippen LogP contribution >= 0.6 is 11.6 Å². The van der Waals surface area contributed by atoms with Crippen LogP contribution in [0.1, 0.15) is 21.9 Å². The molecule has 1 N–H and O–H groups in total. The minimum atomic E-state index is -0.755. The Kier molecular flexibility index (Phi) is 5.54. The number of amides is 1. The van der Waals surface area contributed by atoms with Crippen molar-refractivity contribution in [3.05, 3.63) is 70.9 Å². The molecule has 1 amide bonds. The normalized spacial score (nSPS) is 10.2. The second-order valence-corrected chi connectivity index (χ2v) is 5.81. The van der Waals surface area contributed by atoms with Crippen LogP contribution in [0.15, 0.2) is 53.2 Å². The predicted octanol–water partition coefficient (Wildman–Crippen LogP) is 2.84.